The number of hydrogen-bond donors (Lipinski definition) is 1. The lowest BCUT2D eigenvalue weighted by atomic mass is 10.2. The molecule has 13 heteroatoms. The van der Waals surface area contributed by atoms with E-state index in [1.165, 1.54) is 26.5 Å². The van der Waals surface area contributed by atoms with Gasteiger partial charge in [-0.1, -0.05) is 6.07 Å². The third-order valence-corrected chi connectivity index (χ3v) is 6.33. The molecule has 8 nitrogen and oxygen atoms in total. The van der Waals surface area contributed by atoms with Gasteiger partial charge in [0.25, 0.3) is 10.0 Å². The molecule has 0 amide bonds. The Morgan fingerprint density at radius 1 is 0.865 bits per heavy atom. The summed E-state index contributed by atoms with van der Waals surface area (Å²) in [6.07, 6.45) is -3.52. The summed E-state index contributed by atoms with van der Waals surface area (Å²) in [7, 11) is -1.49. The highest BCUT2D eigenvalue weighted by Gasteiger charge is 2.31. The Labute approximate surface area is 208 Å². The second-order valence-electron chi connectivity index (χ2n) is 7.41. The van der Waals surface area contributed by atoms with E-state index in [2.05, 4.69) is 9.72 Å². The highest BCUT2D eigenvalue weighted by atomic mass is 32.2. The molecule has 37 heavy (non-hydrogen) atoms. The summed E-state index contributed by atoms with van der Waals surface area (Å²) in [5, 5.41) is 0.547. The lowest BCUT2D eigenvalue weighted by Crippen LogP contribution is -2.18. The Balaban J connectivity index is 1.58. The molecule has 0 aliphatic heterocycles. The van der Waals surface area contributed by atoms with Crippen molar-refractivity contribution >= 4 is 26.6 Å². The van der Waals surface area contributed by atoms with Crippen LogP contribution in [0.4, 0.5) is 23.2 Å². The predicted octanol–water partition coefficient (Wildman–Crippen LogP) is 5.88. The zero-order chi connectivity index (χ0) is 26.8. The number of benzene rings is 3. The fourth-order valence-corrected chi connectivity index (χ4v) is 4.45. The zero-order valence-corrected chi connectivity index (χ0v) is 20.0. The average Bonchev–Trinajstić information content (AvgIpc) is 2.84. The summed E-state index contributed by atoms with van der Waals surface area (Å²) in [6, 6.07) is 11.9. The van der Waals surface area contributed by atoms with Crippen molar-refractivity contribution in [1.82, 2.24) is 4.98 Å². The van der Waals surface area contributed by atoms with E-state index in [4.69, 9.17) is 14.2 Å². The first-order valence-corrected chi connectivity index (χ1v) is 11.8. The monoisotopic (exact) mass is 538 g/mol. The molecule has 1 aromatic heterocycles. The van der Waals surface area contributed by atoms with Gasteiger partial charge in [-0.3, -0.25) is 9.71 Å². The number of fused-ring (bicyclic) bond motifs is 1. The Morgan fingerprint density at radius 3 is 2.27 bits per heavy atom. The van der Waals surface area contributed by atoms with E-state index in [9.17, 15) is 26.0 Å². The topological polar surface area (TPSA) is 96.0 Å². The maximum atomic E-state index is 14.8. The molecule has 0 radical (unpaired) electrons. The number of methoxy groups -OCH3 is 2. The Hall–Kier alpha value is -4.26. The van der Waals surface area contributed by atoms with Gasteiger partial charge in [-0.15, -0.1) is 13.2 Å². The standard InChI is InChI=1S/C24H18F4N2O6S/c1-33-22-12-17-20(13-23(22)34-2)29-9-8-21(17)35-14-6-7-19(18(25)11-14)30-37(31,32)16-5-3-4-15(10-16)36-24(26,27)28/h3-13,30H,1-2H3. The van der Waals surface area contributed by atoms with Crippen molar-refractivity contribution in [2.75, 3.05) is 18.9 Å². The van der Waals surface area contributed by atoms with Gasteiger partial charge in [0.05, 0.1) is 30.3 Å². The van der Waals surface area contributed by atoms with Crippen LogP contribution in [0.1, 0.15) is 0 Å². The molecule has 0 saturated heterocycles. The van der Waals surface area contributed by atoms with Gasteiger partial charge in [-0.25, -0.2) is 12.8 Å². The van der Waals surface area contributed by atoms with Crippen LogP contribution in [0.15, 0.2) is 71.8 Å². The molecule has 3 aromatic carbocycles. The van der Waals surface area contributed by atoms with E-state index < -0.39 is 38.5 Å². The molecule has 4 rings (SSSR count). The molecule has 1 N–H and O–H groups in total. The second-order valence-corrected chi connectivity index (χ2v) is 9.09. The van der Waals surface area contributed by atoms with Gasteiger partial charge in [-0.05, 0) is 36.4 Å². The number of hydrogen-bond acceptors (Lipinski definition) is 7. The summed E-state index contributed by atoms with van der Waals surface area (Å²) in [6.45, 7) is 0. The van der Waals surface area contributed by atoms with Gasteiger partial charge in [0, 0.05) is 29.8 Å². The molecule has 194 valence electrons. The molecule has 0 saturated carbocycles. The minimum atomic E-state index is -5.00. The molecule has 1 heterocycles. The predicted molar refractivity (Wildman–Crippen MR) is 125 cm³/mol. The number of nitrogens with one attached hydrogen (secondary N) is 1. The number of nitrogens with zero attached hydrogens (tertiary/aromatic N) is 1. The van der Waals surface area contributed by atoms with Crippen molar-refractivity contribution in [3.05, 3.63) is 72.7 Å². The first-order chi connectivity index (χ1) is 17.5. The van der Waals surface area contributed by atoms with Crippen LogP contribution in [0, 0.1) is 5.82 Å². The maximum absolute atomic E-state index is 14.8. The number of rotatable bonds is 8. The molecule has 0 bridgehead atoms. The van der Waals surface area contributed by atoms with Crippen LogP contribution >= 0.6 is 0 Å². The number of pyridine rings is 1. The van der Waals surface area contributed by atoms with E-state index in [-0.39, 0.29) is 5.75 Å². The maximum Gasteiger partial charge on any atom is 0.573 e. The van der Waals surface area contributed by atoms with Gasteiger partial charge in [0.15, 0.2) is 17.3 Å². The van der Waals surface area contributed by atoms with Gasteiger partial charge in [0.1, 0.15) is 17.2 Å². The molecular weight excluding hydrogens is 520 g/mol. The van der Waals surface area contributed by atoms with Crippen molar-refractivity contribution in [3.63, 3.8) is 0 Å². The van der Waals surface area contributed by atoms with Gasteiger partial charge >= 0.3 is 6.36 Å². The van der Waals surface area contributed by atoms with Gasteiger partial charge in [-0.2, -0.15) is 0 Å². The minimum absolute atomic E-state index is 0.0447. The molecule has 4 aromatic rings. The van der Waals surface area contributed by atoms with Crippen molar-refractivity contribution < 1.29 is 44.9 Å². The average molecular weight is 538 g/mol. The lowest BCUT2D eigenvalue weighted by Gasteiger charge is -2.14. The molecular formula is C24H18F4N2O6S. The zero-order valence-electron chi connectivity index (χ0n) is 19.2. The van der Waals surface area contributed by atoms with Crippen molar-refractivity contribution in [1.29, 1.82) is 0 Å². The van der Waals surface area contributed by atoms with E-state index >= 15 is 0 Å². The fraction of sp³-hybridized carbons (Fsp3) is 0.125. The SMILES string of the molecule is COc1cc2nccc(Oc3ccc(NS(=O)(=O)c4cccc(OC(F)(F)F)c4)c(F)c3)c2cc1OC. The summed E-state index contributed by atoms with van der Waals surface area (Å²) < 4.78 is 99.5. The molecule has 0 spiro atoms. The van der Waals surface area contributed by atoms with Crippen LogP contribution in [-0.2, 0) is 10.0 Å². The number of aromatic nitrogens is 1. The lowest BCUT2D eigenvalue weighted by molar-refractivity contribution is -0.274. The van der Waals surface area contributed by atoms with Gasteiger partial charge in [0.2, 0.25) is 0 Å². The van der Waals surface area contributed by atoms with E-state index in [1.807, 2.05) is 4.72 Å². The Morgan fingerprint density at radius 2 is 1.59 bits per heavy atom. The van der Waals surface area contributed by atoms with Crippen LogP contribution in [0.5, 0.6) is 28.7 Å². The van der Waals surface area contributed by atoms with Crippen molar-refractivity contribution in [3.8, 4) is 28.7 Å². The molecule has 0 unspecified atom stereocenters. The second kappa shape index (κ2) is 10.0. The Bertz CT molecular complexity index is 1560. The minimum Gasteiger partial charge on any atom is -0.493 e. The van der Waals surface area contributed by atoms with Crippen LogP contribution < -0.4 is 23.7 Å². The summed E-state index contributed by atoms with van der Waals surface area (Å²) in [5.41, 5.74) is 0.0808. The number of sulfonamides is 1. The summed E-state index contributed by atoms with van der Waals surface area (Å²) in [5.74, 6) is -0.477. The highest BCUT2D eigenvalue weighted by molar-refractivity contribution is 7.92. The van der Waals surface area contributed by atoms with E-state index in [0.29, 0.717) is 34.2 Å². The van der Waals surface area contributed by atoms with Gasteiger partial charge < -0.3 is 18.9 Å². The normalized spacial score (nSPS) is 11.7. The quantitative estimate of drug-likeness (QED) is 0.280. The summed E-state index contributed by atoms with van der Waals surface area (Å²) >= 11 is 0. The van der Waals surface area contributed by atoms with E-state index in [0.717, 1.165) is 30.3 Å². The molecule has 0 aliphatic rings. The van der Waals surface area contributed by atoms with Crippen LogP contribution in [0.2, 0.25) is 0 Å². The number of halogens is 4. The van der Waals surface area contributed by atoms with E-state index in [1.54, 1.807) is 18.2 Å². The van der Waals surface area contributed by atoms with Crippen LogP contribution in [-0.4, -0.2) is 34.0 Å². The number of anilines is 1. The molecule has 0 atom stereocenters. The highest BCUT2D eigenvalue weighted by Crippen LogP contribution is 2.37. The number of alkyl halides is 3. The van der Waals surface area contributed by atoms with Crippen LogP contribution in [0.25, 0.3) is 10.9 Å². The smallest absolute Gasteiger partial charge is 0.493 e. The Kier molecular flexibility index (Phi) is 6.99. The first-order valence-electron chi connectivity index (χ1n) is 10.4. The van der Waals surface area contributed by atoms with Crippen molar-refractivity contribution in [2.45, 2.75) is 11.3 Å². The van der Waals surface area contributed by atoms with Crippen molar-refractivity contribution in [2.24, 2.45) is 0 Å². The molecule has 0 aliphatic carbocycles. The third kappa shape index (κ3) is 5.94. The first kappa shape index (κ1) is 25.8. The summed E-state index contributed by atoms with van der Waals surface area (Å²) in [4.78, 5) is 3.70. The largest absolute Gasteiger partial charge is 0.573 e. The fourth-order valence-electron chi connectivity index (χ4n) is 3.35. The van der Waals surface area contributed by atoms with Crippen LogP contribution in [0.3, 0.4) is 0 Å². The molecule has 0 fully saturated rings. The number of ether oxygens (including phenoxy) is 4. The third-order valence-electron chi connectivity index (χ3n) is 4.97.